The molecule has 2 unspecified atom stereocenters. The molecule has 2 aromatic heterocycles. The van der Waals surface area contributed by atoms with Crippen LogP contribution in [0.25, 0.3) is 22.3 Å². The molecule has 2 atom stereocenters. The highest BCUT2D eigenvalue weighted by Gasteiger charge is 2.30. The van der Waals surface area contributed by atoms with Gasteiger partial charge in [0.15, 0.2) is 0 Å². The summed E-state index contributed by atoms with van der Waals surface area (Å²) in [5.41, 5.74) is 3.13. The summed E-state index contributed by atoms with van der Waals surface area (Å²) < 4.78 is 21.4. The van der Waals surface area contributed by atoms with E-state index in [1.165, 1.54) is 6.33 Å². The van der Waals surface area contributed by atoms with Crippen molar-refractivity contribution in [1.29, 1.82) is 0 Å². The fourth-order valence-electron chi connectivity index (χ4n) is 4.92. The Morgan fingerprint density at radius 3 is 2.58 bits per heavy atom. The predicted octanol–water partition coefficient (Wildman–Crippen LogP) is 4.35. The molecule has 3 N–H and O–H groups in total. The van der Waals surface area contributed by atoms with E-state index in [1.807, 2.05) is 6.92 Å². The molecule has 0 saturated heterocycles. The van der Waals surface area contributed by atoms with Gasteiger partial charge in [-0.15, -0.1) is 0 Å². The van der Waals surface area contributed by atoms with Crippen molar-refractivity contribution in [2.75, 3.05) is 6.61 Å². The van der Waals surface area contributed by atoms with Crippen LogP contribution in [0.1, 0.15) is 67.1 Å². The molecule has 1 aromatic carbocycles. The van der Waals surface area contributed by atoms with Crippen LogP contribution in [0.4, 0.5) is 4.39 Å². The number of amides is 2. The monoisotopic (exact) mass is 493 g/mol. The average molecular weight is 494 g/mol. The number of nitrogens with one attached hydrogen (secondary N) is 3. The van der Waals surface area contributed by atoms with Crippen molar-refractivity contribution < 1.29 is 18.7 Å². The number of hydrogen-bond donors (Lipinski definition) is 3. The van der Waals surface area contributed by atoms with Crippen LogP contribution < -0.4 is 15.4 Å². The number of nitrogens with zero attached hydrogens (tertiary/aromatic N) is 2. The molecule has 2 amide bonds. The lowest BCUT2D eigenvalue weighted by Gasteiger charge is -2.15. The topological polar surface area (TPSA) is 109 Å². The molecule has 2 aliphatic carbocycles. The van der Waals surface area contributed by atoms with E-state index in [9.17, 15) is 9.59 Å². The van der Waals surface area contributed by atoms with Gasteiger partial charge in [0.05, 0.1) is 23.3 Å². The Kier molecular flexibility index (Phi) is 6.64. The molecule has 190 valence electrons. The van der Waals surface area contributed by atoms with Gasteiger partial charge in [-0.1, -0.05) is 13.0 Å². The Morgan fingerprint density at radius 2 is 1.86 bits per heavy atom. The van der Waals surface area contributed by atoms with Gasteiger partial charge in [-0.2, -0.15) is 0 Å². The summed E-state index contributed by atoms with van der Waals surface area (Å²) in [5, 5.41) is 6.10. The first-order valence-corrected chi connectivity index (χ1v) is 12.7. The third kappa shape index (κ3) is 4.79. The molecule has 2 saturated carbocycles. The van der Waals surface area contributed by atoms with Gasteiger partial charge in [-0.3, -0.25) is 9.59 Å². The second-order valence-corrected chi connectivity index (χ2v) is 10.00. The van der Waals surface area contributed by atoms with Crippen LogP contribution in [0.2, 0.25) is 0 Å². The number of rotatable bonds is 8. The van der Waals surface area contributed by atoms with Gasteiger partial charge in [0, 0.05) is 24.2 Å². The van der Waals surface area contributed by atoms with E-state index in [1.54, 1.807) is 26.0 Å². The SMILES string of the molecule is CCC(=O)NC1CCC(NC(=O)c2c(C)[nH]c3c(-c4c(OCC5CC5)ccc(C)c4F)ncnc23)C1. The zero-order chi connectivity index (χ0) is 25.4. The van der Waals surface area contributed by atoms with Crippen molar-refractivity contribution >= 4 is 22.8 Å². The second kappa shape index (κ2) is 9.87. The molecular formula is C27H32FN5O3. The summed E-state index contributed by atoms with van der Waals surface area (Å²) in [7, 11) is 0. The highest BCUT2D eigenvalue weighted by atomic mass is 19.1. The second-order valence-electron chi connectivity index (χ2n) is 10.00. The Balaban J connectivity index is 1.44. The van der Waals surface area contributed by atoms with Crippen molar-refractivity contribution in [1.82, 2.24) is 25.6 Å². The van der Waals surface area contributed by atoms with Crippen LogP contribution in [0.3, 0.4) is 0 Å². The Labute approximate surface area is 209 Å². The molecule has 5 rings (SSSR count). The van der Waals surface area contributed by atoms with Crippen LogP contribution >= 0.6 is 0 Å². The van der Waals surface area contributed by atoms with Crippen LogP contribution in [-0.2, 0) is 4.79 Å². The number of ether oxygens (including phenoxy) is 1. The minimum absolute atomic E-state index is 0.0209. The maximum Gasteiger partial charge on any atom is 0.255 e. The summed E-state index contributed by atoms with van der Waals surface area (Å²) >= 11 is 0. The van der Waals surface area contributed by atoms with Crippen molar-refractivity contribution in [3.63, 3.8) is 0 Å². The van der Waals surface area contributed by atoms with Crippen LogP contribution in [0.15, 0.2) is 18.5 Å². The molecule has 3 aromatic rings. The van der Waals surface area contributed by atoms with E-state index in [0.29, 0.717) is 64.7 Å². The van der Waals surface area contributed by atoms with E-state index >= 15 is 4.39 Å². The van der Waals surface area contributed by atoms with Gasteiger partial charge < -0.3 is 20.4 Å². The first kappa shape index (κ1) is 24.2. The number of H-pyrrole nitrogens is 1. The Morgan fingerprint density at radius 1 is 1.11 bits per heavy atom. The molecular weight excluding hydrogens is 461 g/mol. The molecule has 2 heterocycles. The summed E-state index contributed by atoms with van der Waals surface area (Å²) in [6.45, 7) is 5.88. The largest absolute Gasteiger partial charge is 0.492 e. The average Bonchev–Trinajstić information content (AvgIpc) is 3.48. The summed E-state index contributed by atoms with van der Waals surface area (Å²) in [5.74, 6) is 0.335. The van der Waals surface area contributed by atoms with E-state index < -0.39 is 5.82 Å². The molecule has 2 fully saturated rings. The van der Waals surface area contributed by atoms with E-state index in [-0.39, 0.29) is 29.5 Å². The molecule has 9 heteroatoms. The molecule has 0 radical (unpaired) electrons. The smallest absolute Gasteiger partial charge is 0.255 e. The highest BCUT2D eigenvalue weighted by Crippen LogP contribution is 2.39. The van der Waals surface area contributed by atoms with E-state index in [2.05, 4.69) is 25.6 Å². The van der Waals surface area contributed by atoms with Crippen LogP contribution in [0, 0.1) is 25.6 Å². The maximum atomic E-state index is 15.4. The molecule has 0 bridgehead atoms. The number of fused-ring (bicyclic) bond motifs is 1. The maximum absolute atomic E-state index is 15.4. The minimum atomic E-state index is -0.396. The Bertz CT molecular complexity index is 1320. The Hall–Kier alpha value is -3.49. The van der Waals surface area contributed by atoms with Gasteiger partial charge in [-0.25, -0.2) is 14.4 Å². The molecule has 8 nitrogen and oxygen atoms in total. The highest BCUT2D eigenvalue weighted by molar-refractivity contribution is 6.09. The number of carbonyl (C=O) groups excluding carboxylic acids is 2. The van der Waals surface area contributed by atoms with Crippen molar-refractivity contribution in [3.8, 4) is 17.0 Å². The molecule has 2 aliphatic rings. The number of aryl methyl sites for hydroxylation is 2. The lowest BCUT2D eigenvalue weighted by molar-refractivity contribution is -0.121. The van der Waals surface area contributed by atoms with E-state index in [0.717, 1.165) is 25.7 Å². The summed E-state index contributed by atoms with van der Waals surface area (Å²) in [6, 6.07) is 3.51. The third-order valence-corrected chi connectivity index (χ3v) is 7.16. The first-order valence-electron chi connectivity index (χ1n) is 12.7. The number of hydrogen-bond acceptors (Lipinski definition) is 5. The number of benzene rings is 1. The predicted molar refractivity (Wildman–Crippen MR) is 134 cm³/mol. The number of halogens is 1. The quantitative estimate of drug-likeness (QED) is 0.432. The van der Waals surface area contributed by atoms with Gasteiger partial charge >= 0.3 is 0 Å². The van der Waals surface area contributed by atoms with Crippen LogP contribution in [-0.4, -0.2) is 45.5 Å². The van der Waals surface area contributed by atoms with Gasteiger partial charge in [-0.05, 0) is 63.5 Å². The standard InChI is InChI=1S/C27H32FN5O3/c1-4-20(34)32-17-8-9-18(11-17)33-27(35)21-15(3)31-26-24(21)29-13-30-25(26)22-19(36-12-16-6-7-16)10-5-14(2)23(22)28/h5,10,13,16-18,31H,4,6-9,11-12H2,1-3H3,(H,32,34)(H,33,35). The molecule has 0 aliphatic heterocycles. The number of aromatic nitrogens is 3. The fraction of sp³-hybridized carbons (Fsp3) is 0.481. The fourth-order valence-corrected chi connectivity index (χ4v) is 4.92. The number of carbonyl (C=O) groups is 2. The van der Waals surface area contributed by atoms with Gasteiger partial charge in [0.1, 0.15) is 29.1 Å². The van der Waals surface area contributed by atoms with Gasteiger partial charge in [0.25, 0.3) is 5.91 Å². The van der Waals surface area contributed by atoms with E-state index in [4.69, 9.17) is 4.74 Å². The molecule has 36 heavy (non-hydrogen) atoms. The normalized spacial score (nSPS) is 19.4. The van der Waals surface area contributed by atoms with Crippen molar-refractivity contribution in [2.45, 2.75) is 71.4 Å². The summed E-state index contributed by atoms with van der Waals surface area (Å²) in [6.07, 6.45) is 6.36. The minimum Gasteiger partial charge on any atom is -0.492 e. The van der Waals surface area contributed by atoms with Crippen molar-refractivity contribution in [2.24, 2.45) is 5.92 Å². The summed E-state index contributed by atoms with van der Waals surface area (Å²) in [4.78, 5) is 37.1. The zero-order valence-corrected chi connectivity index (χ0v) is 20.9. The zero-order valence-electron chi connectivity index (χ0n) is 20.9. The third-order valence-electron chi connectivity index (χ3n) is 7.16. The lowest BCUT2D eigenvalue weighted by Crippen LogP contribution is -2.37. The van der Waals surface area contributed by atoms with Crippen LogP contribution in [0.5, 0.6) is 5.75 Å². The first-order chi connectivity index (χ1) is 17.4. The lowest BCUT2D eigenvalue weighted by atomic mass is 10.0. The number of aromatic amines is 1. The van der Waals surface area contributed by atoms with Crippen molar-refractivity contribution in [3.05, 3.63) is 41.1 Å². The molecule has 0 spiro atoms. The van der Waals surface area contributed by atoms with Gasteiger partial charge in [0.2, 0.25) is 5.91 Å².